The van der Waals surface area contributed by atoms with Crippen molar-refractivity contribution < 1.29 is 8.78 Å². The number of nitrogens with zero attached hydrogens (tertiary/aromatic N) is 1. The third kappa shape index (κ3) is 2.59. The molecule has 0 aliphatic rings. The number of nitrogens with one attached hydrogen (secondary N) is 1. The van der Waals surface area contributed by atoms with Gasteiger partial charge in [0.1, 0.15) is 0 Å². The molecule has 1 aromatic carbocycles. The zero-order valence-electron chi connectivity index (χ0n) is 9.47. The van der Waals surface area contributed by atoms with Crippen LogP contribution >= 0.6 is 15.9 Å². The monoisotopic (exact) mass is 313 g/mol. The van der Waals surface area contributed by atoms with E-state index in [2.05, 4.69) is 26.2 Å². The lowest BCUT2D eigenvalue weighted by Gasteiger charge is -2.10. The third-order valence-corrected chi connectivity index (χ3v) is 2.89. The number of benzene rings is 1. The van der Waals surface area contributed by atoms with Crippen molar-refractivity contribution in [3.05, 3.63) is 45.9 Å². The van der Waals surface area contributed by atoms with Gasteiger partial charge in [0.15, 0.2) is 23.3 Å². The first-order valence-electron chi connectivity index (χ1n) is 5.12. The molecule has 2 rings (SSSR count). The molecule has 0 aliphatic carbocycles. The Bertz CT molecular complexity index is 602. The van der Waals surface area contributed by atoms with Crippen LogP contribution in [0.2, 0.25) is 0 Å². The molecular weight excluding hydrogens is 304 g/mol. The maximum atomic E-state index is 13.5. The number of pyridine rings is 1. The number of rotatable bonds is 2. The maximum absolute atomic E-state index is 13.5. The fourth-order valence-electron chi connectivity index (χ4n) is 1.46. The Hall–Kier alpha value is -1.69. The van der Waals surface area contributed by atoms with Crippen molar-refractivity contribution in [1.29, 1.82) is 0 Å². The normalized spacial score (nSPS) is 10.4. The average Bonchev–Trinajstić information content (AvgIpc) is 2.29. The van der Waals surface area contributed by atoms with Crippen LogP contribution in [0.4, 0.5) is 26.1 Å². The maximum Gasteiger partial charge on any atom is 0.169 e. The van der Waals surface area contributed by atoms with Gasteiger partial charge in [-0.15, -0.1) is 0 Å². The summed E-state index contributed by atoms with van der Waals surface area (Å²) >= 11 is 3.33. The van der Waals surface area contributed by atoms with E-state index in [9.17, 15) is 8.78 Å². The Morgan fingerprint density at radius 3 is 2.61 bits per heavy atom. The van der Waals surface area contributed by atoms with Gasteiger partial charge in [-0.2, -0.15) is 0 Å². The molecular formula is C12H10BrF2N3. The van der Waals surface area contributed by atoms with Crippen LogP contribution in [0.5, 0.6) is 0 Å². The van der Waals surface area contributed by atoms with E-state index in [0.29, 0.717) is 11.8 Å². The number of halogens is 3. The predicted molar refractivity (Wildman–Crippen MR) is 70.7 cm³/mol. The summed E-state index contributed by atoms with van der Waals surface area (Å²) < 4.78 is 27.4. The van der Waals surface area contributed by atoms with Crippen molar-refractivity contribution in [2.75, 3.05) is 11.1 Å². The van der Waals surface area contributed by atoms with Gasteiger partial charge < -0.3 is 11.1 Å². The molecule has 0 unspecified atom stereocenters. The number of anilines is 3. The van der Waals surface area contributed by atoms with Crippen molar-refractivity contribution in [2.24, 2.45) is 0 Å². The van der Waals surface area contributed by atoms with E-state index in [1.807, 2.05) is 13.0 Å². The molecule has 3 nitrogen and oxygen atoms in total. The summed E-state index contributed by atoms with van der Waals surface area (Å²) in [5, 5.41) is 2.78. The second-order valence-electron chi connectivity index (χ2n) is 3.77. The second kappa shape index (κ2) is 4.89. The molecule has 1 aromatic heterocycles. The average molecular weight is 314 g/mol. The Morgan fingerprint density at radius 2 is 1.94 bits per heavy atom. The second-order valence-corrected chi connectivity index (χ2v) is 4.69. The minimum Gasteiger partial charge on any atom is -0.381 e. The summed E-state index contributed by atoms with van der Waals surface area (Å²) in [5.41, 5.74) is 6.88. The quantitative estimate of drug-likeness (QED) is 0.887. The molecule has 0 radical (unpaired) electrons. The van der Waals surface area contributed by atoms with Gasteiger partial charge in [-0.3, -0.25) is 0 Å². The van der Waals surface area contributed by atoms with E-state index in [1.54, 1.807) is 12.1 Å². The van der Waals surface area contributed by atoms with E-state index < -0.39 is 11.6 Å². The molecule has 2 aromatic rings. The van der Waals surface area contributed by atoms with Gasteiger partial charge in [-0.05, 0) is 30.7 Å². The minimum atomic E-state index is -0.870. The van der Waals surface area contributed by atoms with Gasteiger partial charge in [0.2, 0.25) is 0 Å². The number of nitrogens with two attached hydrogens (primary N) is 1. The highest BCUT2D eigenvalue weighted by Crippen LogP contribution is 2.25. The van der Waals surface area contributed by atoms with Gasteiger partial charge in [0, 0.05) is 16.2 Å². The van der Waals surface area contributed by atoms with Crippen molar-refractivity contribution in [2.45, 2.75) is 6.92 Å². The summed E-state index contributed by atoms with van der Waals surface area (Å²) in [6.07, 6.45) is 0. The summed E-state index contributed by atoms with van der Waals surface area (Å²) in [4.78, 5) is 3.64. The number of hydrogen-bond donors (Lipinski definition) is 2. The molecule has 0 bridgehead atoms. The van der Waals surface area contributed by atoms with Gasteiger partial charge in [-0.1, -0.05) is 15.9 Å². The van der Waals surface area contributed by atoms with Gasteiger partial charge in [0.25, 0.3) is 0 Å². The Morgan fingerprint density at radius 1 is 1.22 bits per heavy atom. The molecule has 1 heterocycles. The minimum absolute atomic E-state index is 0.0978. The van der Waals surface area contributed by atoms with Crippen molar-refractivity contribution in [3.8, 4) is 0 Å². The van der Waals surface area contributed by atoms with Gasteiger partial charge in [0.05, 0.1) is 0 Å². The van der Waals surface area contributed by atoms with Crippen LogP contribution in [0.1, 0.15) is 5.56 Å². The van der Waals surface area contributed by atoms with E-state index in [0.717, 1.165) is 10.0 Å². The highest BCUT2D eigenvalue weighted by molar-refractivity contribution is 9.10. The van der Waals surface area contributed by atoms with Crippen LogP contribution in [0.25, 0.3) is 0 Å². The summed E-state index contributed by atoms with van der Waals surface area (Å²) in [7, 11) is 0. The van der Waals surface area contributed by atoms with E-state index in [-0.39, 0.29) is 11.6 Å². The Kier molecular flexibility index (Phi) is 3.47. The molecule has 18 heavy (non-hydrogen) atoms. The van der Waals surface area contributed by atoms with Crippen LogP contribution in [0, 0.1) is 18.6 Å². The molecule has 0 atom stereocenters. The zero-order valence-corrected chi connectivity index (χ0v) is 11.1. The lowest BCUT2D eigenvalue weighted by molar-refractivity contribution is 0.581. The van der Waals surface area contributed by atoms with Crippen molar-refractivity contribution in [3.63, 3.8) is 0 Å². The van der Waals surface area contributed by atoms with Crippen LogP contribution in [0.15, 0.2) is 28.7 Å². The Labute approximate surface area is 111 Å². The zero-order chi connectivity index (χ0) is 13.3. The lowest BCUT2D eigenvalue weighted by atomic mass is 10.2. The number of aryl methyl sites for hydroxylation is 1. The lowest BCUT2D eigenvalue weighted by Crippen LogP contribution is -2.03. The van der Waals surface area contributed by atoms with Crippen molar-refractivity contribution in [1.82, 2.24) is 4.98 Å². The number of aromatic nitrogens is 1. The van der Waals surface area contributed by atoms with Crippen LogP contribution in [-0.4, -0.2) is 4.98 Å². The fourth-order valence-corrected chi connectivity index (χ4v) is 1.94. The highest BCUT2D eigenvalue weighted by atomic mass is 79.9. The van der Waals surface area contributed by atoms with E-state index in [4.69, 9.17) is 5.73 Å². The molecule has 0 saturated carbocycles. The van der Waals surface area contributed by atoms with Crippen LogP contribution in [0.3, 0.4) is 0 Å². The smallest absolute Gasteiger partial charge is 0.169 e. The topological polar surface area (TPSA) is 50.9 Å². The number of nitrogen functional groups attached to an aromatic ring is 1. The molecule has 6 heteroatoms. The number of hydrogen-bond acceptors (Lipinski definition) is 3. The first-order chi connectivity index (χ1) is 8.47. The van der Waals surface area contributed by atoms with Crippen LogP contribution in [-0.2, 0) is 0 Å². The predicted octanol–water partition coefficient (Wildman–Crippen LogP) is 3.76. The van der Waals surface area contributed by atoms with E-state index in [1.165, 1.54) is 0 Å². The standard InChI is InChI=1S/C12H10BrF2N3/c1-6-4-7(13)2-3-10(6)17-12-9(15)5-8(14)11(16)18-12/h2-5H,1H3,(H3,16,17,18). The molecule has 0 amide bonds. The fraction of sp³-hybridized carbons (Fsp3) is 0.0833. The highest BCUT2D eigenvalue weighted by Gasteiger charge is 2.10. The molecule has 0 spiro atoms. The van der Waals surface area contributed by atoms with E-state index >= 15 is 0 Å². The molecule has 0 aliphatic heterocycles. The molecule has 94 valence electrons. The summed E-state index contributed by atoms with van der Waals surface area (Å²) in [6.45, 7) is 1.86. The summed E-state index contributed by atoms with van der Waals surface area (Å²) in [5.74, 6) is -2.09. The first kappa shape index (κ1) is 12.8. The van der Waals surface area contributed by atoms with Gasteiger partial charge in [-0.25, -0.2) is 13.8 Å². The summed E-state index contributed by atoms with van der Waals surface area (Å²) in [6, 6.07) is 6.15. The van der Waals surface area contributed by atoms with Crippen LogP contribution < -0.4 is 11.1 Å². The van der Waals surface area contributed by atoms with Crippen molar-refractivity contribution >= 4 is 33.3 Å². The largest absolute Gasteiger partial charge is 0.381 e. The molecule has 0 saturated heterocycles. The molecule has 3 N–H and O–H groups in total. The van der Waals surface area contributed by atoms with Gasteiger partial charge >= 0.3 is 0 Å². The third-order valence-electron chi connectivity index (χ3n) is 2.40. The Balaban J connectivity index is 2.37. The first-order valence-corrected chi connectivity index (χ1v) is 5.91. The SMILES string of the molecule is Cc1cc(Br)ccc1Nc1nc(N)c(F)cc1F. The molecule has 0 fully saturated rings.